The lowest BCUT2D eigenvalue weighted by Gasteiger charge is -2.20. The third-order valence-electron chi connectivity index (χ3n) is 6.09. The van der Waals surface area contributed by atoms with Crippen LogP contribution in [0, 0.1) is 0 Å². The van der Waals surface area contributed by atoms with Crippen LogP contribution in [0.4, 0.5) is 4.79 Å². The van der Waals surface area contributed by atoms with E-state index in [9.17, 15) is 18.0 Å². The fourth-order valence-electron chi connectivity index (χ4n) is 4.48. The molecule has 0 bridgehead atoms. The zero-order chi connectivity index (χ0) is 22.9. The topological polar surface area (TPSA) is 122 Å². The van der Waals surface area contributed by atoms with Crippen LogP contribution in [-0.2, 0) is 21.7 Å². The highest BCUT2D eigenvalue weighted by atomic mass is 35.5. The van der Waals surface area contributed by atoms with Gasteiger partial charge in [0, 0.05) is 30.9 Å². The number of unbranched alkanes of at least 4 members (excludes halogenated alkanes) is 1. The maximum atomic E-state index is 12.7. The molecular formula is C21H26ClN5O4S. The maximum absolute atomic E-state index is 12.7. The summed E-state index contributed by atoms with van der Waals surface area (Å²) in [5.41, 5.74) is 0.865. The fraction of sp³-hybridized carbons (Fsp3) is 0.476. The molecule has 9 nitrogen and oxygen atoms in total. The Morgan fingerprint density at radius 3 is 2.72 bits per heavy atom. The molecule has 3 amide bonds. The third-order valence-corrected chi connectivity index (χ3v) is 8.62. The molecule has 4 atom stereocenters. The molecule has 0 spiro atoms. The van der Waals surface area contributed by atoms with Crippen LogP contribution in [0.15, 0.2) is 36.7 Å². The Balaban J connectivity index is 1.33. The Hall–Kier alpha value is -2.59. The van der Waals surface area contributed by atoms with E-state index in [1.807, 2.05) is 29.9 Å². The first-order valence-electron chi connectivity index (χ1n) is 10.6. The summed E-state index contributed by atoms with van der Waals surface area (Å²) in [7, 11) is -1.40. The predicted molar refractivity (Wildman–Crippen MR) is 120 cm³/mol. The Morgan fingerprint density at radius 2 is 2.03 bits per heavy atom. The fourth-order valence-corrected chi connectivity index (χ4v) is 6.87. The van der Waals surface area contributed by atoms with Crippen molar-refractivity contribution in [3.63, 3.8) is 0 Å². The van der Waals surface area contributed by atoms with Crippen molar-refractivity contribution in [3.05, 3.63) is 53.1 Å². The second-order valence-electron chi connectivity index (χ2n) is 8.31. The van der Waals surface area contributed by atoms with Crippen LogP contribution >= 0.6 is 11.6 Å². The van der Waals surface area contributed by atoms with Gasteiger partial charge in [-0.25, -0.2) is 18.2 Å². The summed E-state index contributed by atoms with van der Waals surface area (Å²) in [4.78, 5) is 28.6. The van der Waals surface area contributed by atoms with E-state index in [2.05, 4.69) is 20.9 Å². The van der Waals surface area contributed by atoms with Crippen LogP contribution in [0.25, 0.3) is 0 Å². The van der Waals surface area contributed by atoms with Crippen molar-refractivity contribution in [2.24, 2.45) is 7.05 Å². The molecule has 2 aliphatic rings. The van der Waals surface area contributed by atoms with Crippen molar-refractivity contribution >= 4 is 33.4 Å². The van der Waals surface area contributed by atoms with Crippen molar-refractivity contribution in [2.75, 3.05) is 5.75 Å². The molecule has 0 aliphatic carbocycles. The molecule has 11 heteroatoms. The second-order valence-corrected chi connectivity index (χ2v) is 11.0. The van der Waals surface area contributed by atoms with Gasteiger partial charge in [-0.2, -0.15) is 0 Å². The smallest absolute Gasteiger partial charge is 0.315 e. The van der Waals surface area contributed by atoms with E-state index in [0.29, 0.717) is 30.1 Å². The van der Waals surface area contributed by atoms with Crippen molar-refractivity contribution in [1.82, 2.24) is 25.5 Å². The minimum Gasteiger partial charge on any atom is -0.342 e. The molecule has 0 unspecified atom stereocenters. The quantitative estimate of drug-likeness (QED) is 0.393. The van der Waals surface area contributed by atoms with Gasteiger partial charge in [0.1, 0.15) is 11.9 Å². The molecule has 2 aliphatic heterocycles. The molecule has 3 heterocycles. The number of halogens is 1. The lowest BCUT2D eigenvalue weighted by Crippen LogP contribution is -2.39. The maximum Gasteiger partial charge on any atom is 0.315 e. The summed E-state index contributed by atoms with van der Waals surface area (Å²) in [5, 5.41) is 8.41. The highest BCUT2D eigenvalue weighted by Crippen LogP contribution is 2.28. The monoisotopic (exact) mass is 479 g/mol. The minimum atomic E-state index is -3.26. The van der Waals surface area contributed by atoms with Crippen molar-refractivity contribution in [1.29, 1.82) is 0 Å². The molecule has 2 saturated heterocycles. The standard InChI is InChI=1S/C21H26ClN5O4S/c1-27-11-10-23-20(27)18(13-6-8-14(22)9-7-13)25-17(28)5-3-2-4-16-19-15(12-32(16,30)31)24-21(29)26-19/h6-11,15-16,18-19H,2-5,12H2,1H3,(H,25,28)(H2,24,26,29)/t15-,16+,18+,19+/m0/s1. The van der Waals surface area contributed by atoms with E-state index in [4.69, 9.17) is 11.6 Å². The molecule has 3 N–H and O–H groups in total. The highest BCUT2D eigenvalue weighted by molar-refractivity contribution is 7.92. The molecule has 4 rings (SSSR count). The average Bonchev–Trinajstić information content (AvgIpc) is 3.37. The van der Waals surface area contributed by atoms with Gasteiger partial charge in [-0.15, -0.1) is 0 Å². The number of amides is 3. The molecule has 2 fully saturated rings. The molecule has 2 aromatic rings. The molecular weight excluding hydrogens is 454 g/mol. The second kappa shape index (κ2) is 9.11. The van der Waals surface area contributed by atoms with Crippen LogP contribution in [-0.4, -0.2) is 53.0 Å². The van der Waals surface area contributed by atoms with Gasteiger partial charge in [0.05, 0.1) is 23.1 Å². The normalized spacial score (nSPS) is 24.4. The first kappa shape index (κ1) is 22.6. The predicted octanol–water partition coefficient (Wildman–Crippen LogP) is 1.69. The summed E-state index contributed by atoms with van der Waals surface area (Å²) in [5.74, 6) is 0.526. The Bertz CT molecular complexity index is 1100. The van der Waals surface area contributed by atoms with Crippen LogP contribution in [0.5, 0.6) is 0 Å². The number of hydrogen-bond acceptors (Lipinski definition) is 5. The summed E-state index contributed by atoms with van der Waals surface area (Å²) < 4.78 is 26.7. The molecule has 172 valence electrons. The van der Waals surface area contributed by atoms with Crippen LogP contribution in [0.3, 0.4) is 0 Å². The number of hydrogen-bond donors (Lipinski definition) is 3. The van der Waals surface area contributed by atoms with E-state index >= 15 is 0 Å². The van der Waals surface area contributed by atoms with Gasteiger partial charge in [0.25, 0.3) is 0 Å². The molecule has 0 radical (unpaired) electrons. The number of nitrogens with one attached hydrogen (secondary N) is 3. The van der Waals surface area contributed by atoms with Gasteiger partial charge >= 0.3 is 6.03 Å². The lowest BCUT2D eigenvalue weighted by atomic mass is 10.0. The number of rotatable bonds is 8. The largest absolute Gasteiger partial charge is 0.342 e. The zero-order valence-electron chi connectivity index (χ0n) is 17.6. The van der Waals surface area contributed by atoms with E-state index in [1.54, 1.807) is 18.3 Å². The van der Waals surface area contributed by atoms with Gasteiger partial charge < -0.3 is 20.5 Å². The van der Waals surface area contributed by atoms with Crippen LogP contribution in [0.2, 0.25) is 5.02 Å². The number of aromatic nitrogens is 2. The van der Waals surface area contributed by atoms with Gasteiger partial charge in [0.2, 0.25) is 5.91 Å². The van der Waals surface area contributed by atoms with Gasteiger partial charge in [-0.1, -0.05) is 30.2 Å². The molecule has 32 heavy (non-hydrogen) atoms. The summed E-state index contributed by atoms with van der Waals surface area (Å²) in [6, 6.07) is 5.76. The van der Waals surface area contributed by atoms with E-state index in [1.165, 1.54) is 0 Å². The van der Waals surface area contributed by atoms with Gasteiger partial charge in [-0.05, 0) is 30.5 Å². The highest BCUT2D eigenvalue weighted by Gasteiger charge is 2.51. The summed E-state index contributed by atoms with van der Waals surface area (Å²) >= 11 is 6.00. The number of benzene rings is 1. The van der Waals surface area contributed by atoms with Gasteiger partial charge in [-0.3, -0.25) is 4.79 Å². The Morgan fingerprint density at radius 1 is 1.28 bits per heavy atom. The number of imidazole rings is 1. The number of aryl methyl sites for hydroxylation is 1. The lowest BCUT2D eigenvalue weighted by molar-refractivity contribution is -0.121. The van der Waals surface area contributed by atoms with Crippen molar-refractivity contribution < 1.29 is 18.0 Å². The zero-order valence-corrected chi connectivity index (χ0v) is 19.2. The molecule has 1 aromatic heterocycles. The van der Waals surface area contributed by atoms with E-state index < -0.39 is 21.1 Å². The number of carbonyl (C=O) groups excluding carboxylic acids is 2. The first-order chi connectivity index (χ1) is 15.2. The number of carbonyl (C=O) groups is 2. The molecule has 1 aromatic carbocycles. The summed E-state index contributed by atoms with van der Waals surface area (Å²) in [6.45, 7) is 0. The van der Waals surface area contributed by atoms with Crippen LogP contribution < -0.4 is 16.0 Å². The van der Waals surface area contributed by atoms with Crippen molar-refractivity contribution in [2.45, 2.75) is 49.1 Å². The third kappa shape index (κ3) is 4.75. The van der Waals surface area contributed by atoms with Crippen molar-refractivity contribution in [3.8, 4) is 0 Å². The number of fused-ring (bicyclic) bond motifs is 1. The molecule has 0 saturated carbocycles. The number of sulfone groups is 1. The van der Waals surface area contributed by atoms with E-state index in [-0.39, 0.29) is 36.2 Å². The van der Waals surface area contributed by atoms with Gasteiger partial charge in [0.15, 0.2) is 9.84 Å². The van der Waals surface area contributed by atoms with E-state index in [0.717, 1.165) is 5.56 Å². The average molecular weight is 480 g/mol. The number of nitrogens with zero attached hydrogens (tertiary/aromatic N) is 2. The Kier molecular flexibility index (Phi) is 6.43. The SMILES string of the molecule is Cn1ccnc1[C@H](NC(=O)CCCC[C@@H]1[C@@H]2NC(=O)N[C@H]2CS1(=O)=O)c1ccc(Cl)cc1. The first-order valence-corrected chi connectivity index (χ1v) is 12.6. The van der Waals surface area contributed by atoms with Crippen LogP contribution in [0.1, 0.15) is 43.1 Å². The number of urea groups is 1. The summed E-state index contributed by atoms with van der Waals surface area (Å²) in [6.07, 6.45) is 5.29. The minimum absolute atomic E-state index is 0.0337. The Labute approximate surface area is 191 Å².